The first-order valence-corrected chi connectivity index (χ1v) is 7.06. The second-order valence-electron chi connectivity index (χ2n) is 5.43. The van der Waals surface area contributed by atoms with Crippen LogP contribution in [0, 0.1) is 0 Å². The molecular formula is C19H18O. The van der Waals surface area contributed by atoms with Crippen molar-refractivity contribution in [3.8, 4) is 0 Å². The van der Waals surface area contributed by atoms with Gasteiger partial charge in [0.2, 0.25) is 0 Å². The molecule has 1 nitrogen and oxygen atoms in total. The highest BCUT2D eigenvalue weighted by atomic mass is 16.1. The molecule has 2 aromatic carbocycles. The van der Waals surface area contributed by atoms with Gasteiger partial charge in [-0.1, -0.05) is 66.2 Å². The summed E-state index contributed by atoms with van der Waals surface area (Å²) in [5.41, 5.74) is 3.53. The molecule has 0 aromatic heterocycles. The predicted molar refractivity (Wildman–Crippen MR) is 81.7 cm³/mol. The number of hydrogen-bond donors (Lipinski definition) is 0. The summed E-state index contributed by atoms with van der Waals surface area (Å²) in [7, 11) is 0. The summed E-state index contributed by atoms with van der Waals surface area (Å²) < 4.78 is 0. The molecule has 0 radical (unpaired) electrons. The van der Waals surface area contributed by atoms with E-state index in [1.165, 1.54) is 11.1 Å². The second kappa shape index (κ2) is 5.09. The van der Waals surface area contributed by atoms with Gasteiger partial charge < -0.3 is 0 Å². The minimum absolute atomic E-state index is 0.156. The highest BCUT2D eigenvalue weighted by Gasteiger charge is 2.38. The van der Waals surface area contributed by atoms with Crippen LogP contribution in [0.5, 0.6) is 0 Å². The van der Waals surface area contributed by atoms with Crippen LogP contribution in [-0.4, -0.2) is 5.78 Å². The van der Waals surface area contributed by atoms with Crippen LogP contribution < -0.4 is 0 Å². The number of allylic oxidation sites excluding steroid dienone is 2. The molecule has 0 N–H and O–H groups in total. The van der Waals surface area contributed by atoms with E-state index in [4.69, 9.17) is 0 Å². The Morgan fingerprint density at radius 2 is 1.35 bits per heavy atom. The first-order chi connectivity index (χ1) is 9.73. The largest absolute Gasteiger partial charge is 0.295 e. The fourth-order valence-corrected chi connectivity index (χ4v) is 3.30. The van der Waals surface area contributed by atoms with E-state index < -0.39 is 0 Å². The van der Waals surface area contributed by atoms with E-state index in [1.54, 1.807) is 0 Å². The molecule has 0 saturated carbocycles. The van der Waals surface area contributed by atoms with Crippen molar-refractivity contribution >= 4 is 5.78 Å². The zero-order chi connectivity index (χ0) is 14.0. The van der Waals surface area contributed by atoms with Gasteiger partial charge in [-0.15, -0.1) is 0 Å². The fraction of sp³-hybridized carbons (Fsp3) is 0.211. The van der Waals surface area contributed by atoms with E-state index >= 15 is 0 Å². The maximum atomic E-state index is 11.7. The molecule has 1 aliphatic carbocycles. The van der Waals surface area contributed by atoms with E-state index in [0.717, 1.165) is 12.0 Å². The van der Waals surface area contributed by atoms with Gasteiger partial charge in [-0.3, -0.25) is 4.79 Å². The summed E-state index contributed by atoms with van der Waals surface area (Å²) in [6.07, 6.45) is 3.28. The van der Waals surface area contributed by atoms with Crippen LogP contribution in [-0.2, 0) is 10.2 Å². The molecular weight excluding hydrogens is 244 g/mol. The molecule has 2 aromatic rings. The monoisotopic (exact) mass is 262 g/mol. The molecule has 0 bridgehead atoms. The zero-order valence-electron chi connectivity index (χ0n) is 11.7. The Balaban J connectivity index is 2.24. The molecule has 0 fully saturated rings. The highest BCUT2D eigenvalue weighted by molar-refractivity contribution is 5.92. The van der Waals surface area contributed by atoms with Crippen LogP contribution in [0.1, 0.15) is 30.9 Å². The number of carbonyl (C=O) groups excluding carboxylic acids is 1. The van der Waals surface area contributed by atoms with Gasteiger partial charge in [-0.2, -0.15) is 0 Å². The lowest BCUT2D eigenvalue weighted by molar-refractivity contribution is -0.115. The van der Waals surface area contributed by atoms with Crippen LogP contribution in [0.4, 0.5) is 0 Å². The SMILES string of the molecule is CC1=CC(=O)CCC1(c1ccccc1)c1ccccc1. The van der Waals surface area contributed by atoms with E-state index in [9.17, 15) is 4.79 Å². The number of rotatable bonds is 2. The number of hydrogen-bond acceptors (Lipinski definition) is 1. The first kappa shape index (κ1) is 12.9. The van der Waals surface area contributed by atoms with Gasteiger partial charge >= 0.3 is 0 Å². The smallest absolute Gasteiger partial charge is 0.155 e. The molecule has 0 aliphatic heterocycles. The van der Waals surface area contributed by atoms with Crippen molar-refractivity contribution < 1.29 is 4.79 Å². The van der Waals surface area contributed by atoms with Crippen molar-refractivity contribution in [2.75, 3.05) is 0 Å². The standard InChI is InChI=1S/C19H18O/c1-15-14-18(20)12-13-19(15,16-8-4-2-5-9-16)17-10-6-3-7-11-17/h2-11,14H,12-13H2,1H3. The van der Waals surface area contributed by atoms with Crippen LogP contribution in [0.2, 0.25) is 0 Å². The molecule has 1 heteroatoms. The van der Waals surface area contributed by atoms with Gasteiger partial charge in [0, 0.05) is 11.8 Å². The number of ketones is 1. The van der Waals surface area contributed by atoms with Gasteiger partial charge in [0.05, 0.1) is 0 Å². The third-order valence-corrected chi connectivity index (χ3v) is 4.33. The Kier molecular flexibility index (Phi) is 3.27. The number of benzene rings is 2. The van der Waals surface area contributed by atoms with Crippen molar-refractivity contribution in [2.24, 2.45) is 0 Å². The molecule has 0 unspecified atom stereocenters. The lowest BCUT2D eigenvalue weighted by atomic mass is 9.64. The van der Waals surface area contributed by atoms with E-state index in [2.05, 4.69) is 55.5 Å². The molecule has 20 heavy (non-hydrogen) atoms. The molecule has 1 aliphatic rings. The van der Waals surface area contributed by atoms with Crippen LogP contribution in [0.15, 0.2) is 72.3 Å². The van der Waals surface area contributed by atoms with Gasteiger partial charge in [0.25, 0.3) is 0 Å². The second-order valence-corrected chi connectivity index (χ2v) is 5.43. The summed E-state index contributed by atoms with van der Waals surface area (Å²) >= 11 is 0. The van der Waals surface area contributed by atoms with Gasteiger partial charge in [0.15, 0.2) is 5.78 Å². The predicted octanol–water partition coefficient (Wildman–Crippen LogP) is 4.28. The molecule has 3 rings (SSSR count). The Labute approximate surface area is 120 Å². The van der Waals surface area contributed by atoms with Crippen LogP contribution >= 0.6 is 0 Å². The van der Waals surface area contributed by atoms with Crippen LogP contribution in [0.25, 0.3) is 0 Å². The minimum Gasteiger partial charge on any atom is -0.295 e. The van der Waals surface area contributed by atoms with Crippen molar-refractivity contribution in [3.63, 3.8) is 0 Å². The summed E-state index contributed by atoms with van der Waals surface area (Å²) in [6, 6.07) is 21.0. The van der Waals surface area contributed by atoms with Crippen LogP contribution in [0.3, 0.4) is 0 Å². The minimum atomic E-state index is -0.156. The average Bonchev–Trinajstić information content (AvgIpc) is 2.50. The van der Waals surface area contributed by atoms with Gasteiger partial charge in [-0.25, -0.2) is 0 Å². The summed E-state index contributed by atoms with van der Waals surface area (Å²) in [4.78, 5) is 11.7. The number of carbonyl (C=O) groups is 1. The Hall–Kier alpha value is -2.15. The third kappa shape index (κ3) is 2.00. The third-order valence-electron chi connectivity index (χ3n) is 4.33. The van der Waals surface area contributed by atoms with E-state index in [1.807, 2.05) is 18.2 Å². The van der Waals surface area contributed by atoms with Crippen molar-refractivity contribution in [3.05, 3.63) is 83.4 Å². The summed E-state index contributed by atoms with van der Waals surface area (Å²) in [5.74, 6) is 0.241. The lowest BCUT2D eigenvalue weighted by Crippen LogP contribution is -2.33. The van der Waals surface area contributed by atoms with Crippen molar-refractivity contribution in [1.29, 1.82) is 0 Å². The molecule has 0 spiro atoms. The lowest BCUT2D eigenvalue weighted by Gasteiger charge is -2.38. The van der Waals surface area contributed by atoms with Gasteiger partial charge in [0.1, 0.15) is 0 Å². The molecule has 0 atom stereocenters. The quantitative estimate of drug-likeness (QED) is 0.789. The van der Waals surface area contributed by atoms with E-state index in [0.29, 0.717) is 6.42 Å². The average molecular weight is 262 g/mol. The molecule has 0 amide bonds. The Morgan fingerprint density at radius 3 is 1.80 bits per heavy atom. The zero-order valence-corrected chi connectivity index (χ0v) is 11.7. The summed E-state index contributed by atoms with van der Waals surface area (Å²) in [5, 5.41) is 0. The Bertz CT molecular complexity index is 598. The first-order valence-electron chi connectivity index (χ1n) is 7.06. The Morgan fingerprint density at radius 1 is 0.850 bits per heavy atom. The van der Waals surface area contributed by atoms with Crippen molar-refractivity contribution in [2.45, 2.75) is 25.2 Å². The maximum absolute atomic E-state index is 11.7. The highest BCUT2D eigenvalue weighted by Crippen LogP contribution is 2.45. The molecule has 100 valence electrons. The maximum Gasteiger partial charge on any atom is 0.155 e. The normalized spacial score (nSPS) is 17.6. The van der Waals surface area contributed by atoms with Crippen molar-refractivity contribution in [1.82, 2.24) is 0 Å². The summed E-state index contributed by atoms with van der Waals surface area (Å²) in [6.45, 7) is 2.08. The topological polar surface area (TPSA) is 17.1 Å². The fourth-order valence-electron chi connectivity index (χ4n) is 3.30. The van der Waals surface area contributed by atoms with E-state index in [-0.39, 0.29) is 11.2 Å². The molecule has 0 saturated heterocycles. The van der Waals surface area contributed by atoms with Gasteiger partial charge in [-0.05, 0) is 30.5 Å². The molecule has 0 heterocycles.